The van der Waals surface area contributed by atoms with Crippen LogP contribution in [-0.4, -0.2) is 18.9 Å². The number of ether oxygens (including phenoxy) is 1. The summed E-state index contributed by atoms with van der Waals surface area (Å²) in [6.07, 6.45) is 0. The van der Waals surface area contributed by atoms with E-state index in [0.717, 1.165) is 24.3 Å². The number of aliphatic hydroxyl groups is 1. The van der Waals surface area contributed by atoms with Crippen LogP contribution in [0.25, 0.3) is 0 Å². The first-order valence-corrected chi connectivity index (χ1v) is 7.42. The Balaban J connectivity index is 2.20. The summed E-state index contributed by atoms with van der Waals surface area (Å²) in [6, 6.07) is 7.50. The van der Waals surface area contributed by atoms with E-state index >= 15 is 0 Å². The predicted molar refractivity (Wildman–Crippen MR) is 83.6 cm³/mol. The Morgan fingerprint density at radius 2 is 1.70 bits per heavy atom. The van der Waals surface area contributed by atoms with Crippen molar-refractivity contribution >= 4 is 7.85 Å². The van der Waals surface area contributed by atoms with Crippen LogP contribution in [0.1, 0.15) is 22.3 Å². The Labute approximate surface area is 150 Å². The zero-order valence-corrected chi connectivity index (χ0v) is 13.5. The van der Waals surface area contributed by atoms with Gasteiger partial charge in [0, 0.05) is 17.2 Å². The second-order valence-electron chi connectivity index (χ2n) is 6.08. The van der Waals surface area contributed by atoms with Gasteiger partial charge in [0.2, 0.25) is 0 Å². The Bertz CT molecular complexity index is 1040. The van der Waals surface area contributed by atoms with E-state index in [9.17, 15) is 32.3 Å². The van der Waals surface area contributed by atoms with Gasteiger partial charge < -0.3 is 9.84 Å². The average molecular weight is 378 g/mol. The molecule has 136 valence electrons. The molecule has 1 aliphatic carbocycles. The number of hydrogen-bond donors (Lipinski definition) is 1. The fourth-order valence-corrected chi connectivity index (χ4v) is 2.99. The van der Waals surface area contributed by atoms with Gasteiger partial charge in [-0.05, 0) is 24.3 Å². The number of rotatable bonds is 2. The molecule has 0 aliphatic heterocycles. The monoisotopic (exact) mass is 378 g/mol. The van der Waals surface area contributed by atoms with Gasteiger partial charge in [-0.15, -0.1) is 0 Å². The van der Waals surface area contributed by atoms with Crippen molar-refractivity contribution in [3.05, 3.63) is 58.4 Å². The van der Waals surface area contributed by atoms with Gasteiger partial charge in [-0.2, -0.15) is 28.1 Å². The van der Waals surface area contributed by atoms with Crippen molar-refractivity contribution in [1.29, 1.82) is 10.5 Å². The van der Waals surface area contributed by atoms with Gasteiger partial charge in [0.15, 0.2) is 7.85 Å². The Hall–Kier alpha value is -3.11. The maximum absolute atomic E-state index is 14.1. The molecule has 0 saturated carbocycles. The lowest BCUT2D eigenvalue weighted by molar-refractivity contribution is -0.260. The lowest BCUT2D eigenvalue weighted by Crippen LogP contribution is -2.49. The highest BCUT2D eigenvalue weighted by molar-refractivity contribution is 6.16. The molecular formula is C17H8BF5N2O2. The average Bonchev–Trinajstić information content (AvgIpc) is 2.69. The van der Waals surface area contributed by atoms with Crippen molar-refractivity contribution in [1.82, 2.24) is 0 Å². The van der Waals surface area contributed by atoms with Crippen LogP contribution in [0.5, 0.6) is 11.5 Å². The number of fused-ring (bicyclic) bond motifs is 1. The van der Waals surface area contributed by atoms with Crippen LogP contribution in [-0.2, 0) is 11.4 Å². The highest BCUT2D eigenvalue weighted by atomic mass is 19.3. The zero-order chi connectivity index (χ0) is 20.2. The molecule has 0 spiro atoms. The molecule has 0 saturated heterocycles. The zero-order valence-electron chi connectivity index (χ0n) is 13.5. The summed E-state index contributed by atoms with van der Waals surface area (Å²) >= 11 is 0. The highest BCUT2D eigenvalue weighted by Crippen LogP contribution is 2.60. The van der Waals surface area contributed by atoms with Crippen LogP contribution >= 0.6 is 0 Å². The number of nitriles is 2. The van der Waals surface area contributed by atoms with Gasteiger partial charge in [-0.1, -0.05) is 0 Å². The molecule has 1 aliphatic rings. The van der Waals surface area contributed by atoms with Gasteiger partial charge >= 0.3 is 11.8 Å². The molecule has 4 nitrogen and oxygen atoms in total. The molecule has 1 atom stereocenters. The molecule has 10 heteroatoms. The van der Waals surface area contributed by atoms with E-state index in [1.807, 2.05) is 0 Å². The third kappa shape index (κ3) is 2.45. The normalized spacial score (nSPS) is 21.8. The number of nitrogens with zero attached hydrogens (tertiary/aromatic N) is 2. The van der Waals surface area contributed by atoms with Crippen LogP contribution in [0.2, 0.25) is 0 Å². The maximum atomic E-state index is 14.1. The summed E-state index contributed by atoms with van der Waals surface area (Å²) in [7, 11) is 0.479. The minimum absolute atomic E-state index is 0.116. The van der Waals surface area contributed by atoms with Crippen LogP contribution in [0.4, 0.5) is 22.0 Å². The first kappa shape index (κ1) is 18.7. The lowest BCUT2D eigenvalue weighted by Gasteiger charge is -2.29. The topological polar surface area (TPSA) is 77.0 Å². The van der Waals surface area contributed by atoms with Gasteiger partial charge in [0.1, 0.15) is 34.4 Å². The number of hydrogen-bond acceptors (Lipinski definition) is 4. The fraction of sp³-hybridized carbons (Fsp3) is 0.176. The Kier molecular flexibility index (Phi) is 3.94. The van der Waals surface area contributed by atoms with Gasteiger partial charge in [0.05, 0.1) is 11.6 Å². The number of alkyl halides is 4. The third-order valence-corrected chi connectivity index (χ3v) is 4.34. The van der Waals surface area contributed by atoms with Crippen molar-refractivity contribution in [3.63, 3.8) is 0 Å². The quantitative estimate of drug-likeness (QED) is 0.644. The maximum Gasteiger partial charge on any atom is 0.338 e. The number of benzene rings is 2. The Morgan fingerprint density at radius 3 is 2.30 bits per heavy atom. The smallest absolute Gasteiger partial charge is 0.338 e. The largest absolute Gasteiger partial charge is 0.456 e. The van der Waals surface area contributed by atoms with Crippen LogP contribution in [0.15, 0.2) is 30.3 Å². The summed E-state index contributed by atoms with van der Waals surface area (Å²) in [4.78, 5) is 0. The minimum atomic E-state index is -4.86. The molecule has 3 rings (SSSR count). The first-order chi connectivity index (χ1) is 12.5. The first-order valence-electron chi connectivity index (χ1n) is 7.42. The van der Waals surface area contributed by atoms with Crippen molar-refractivity contribution in [2.75, 3.05) is 0 Å². The molecule has 0 bridgehead atoms. The molecule has 1 N–H and O–H groups in total. The van der Waals surface area contributed by atoms with Gasteiger partial charge in [-0.25, -0.2) is 4.39 Å². The molecule has 0 aromatic heterocycles. The molecule has 0 fully saturated rings. The standard InChI is InChI=1S/C17H8BF5N2O2/c18-15(26)14-11(7-25)13(2-1-12(14)16(20,21)17(15,22)23)27-10-4-8(6-24)3-9(19)5-10/h1-5,26H,18H2/t15-/m0/s1. The lowest BCUT2D eigenvalue weighted by atomic mass is 9.73. The van der Waals surface area contributed by atoms with Crippen molar-refractivity contribution in [2.45, 2.75) is 17.3 Å². The number of halogens is 5. The summed E-state index contributed by atoms with van der Waals surface area (Å²) in [5, 5.41) is 28.3. The molecule has 2 aromatic carbocycles. The summed E-state index contributed by atoms with van der Waals surface area (Å²) in [6.45, 7) is 0. The molecule has 27 heavy (non-hydrogen) atoms. The van der Waals surface area contributed by atoms with Gasteiger partial charge in [-0.3, -0.25) is 0 Å². The van der Waals surface area contributed by atoms with E-state index < -0.39 is 45.6 Å². The molecule has 0 unspecified atom stereocenters. The van der Waals surface area contributed by atoms with Crippen LogP contribution in [0.3, 0.4) is 0 Å². The SMILES string of the molecule is B[C@]1(O)c2c(ccc(Oc3cc(F)cc(C#N)c3)c2C#N)C(F)(F)C1(F)F. The van der Waals surface area contributed by atoms with Crippen molar-refractivity contribution in [2.24, 2.45) is 0 Å². The van der Waals surface area contributed by atoms with E-state index in [0.29, 0.717) is 13.9 Å². The molecule has 2 aromatic rings. The fourth-order valence-electron chi connectivity index (χ4n) is 2.99. The second-order valence-corrected chi connectivity index (χ2v) is 6.08. The Morgan fingerprint density at radius 1 is 1.04 bits per heavy atom. The van der Waals surface area contributed by atoms with Gasteiger partial charge in [0.25, 0.3) is 0 Å². The molecule has 0 amide bonds. The van der Waals surface area contributed by atoms with E-state index in [-0.39, 0.29) is 11.3 Å². The van der Waals surface area contributed by atoms with Crippen LogP contribution < -0.4 is 4.74 Å². The third-order valence-electron chi connectivity index (χ3n) is 4.34. The van der Waals surface area contributed by atoms with Crippen molar-refractivity contribution in [3.8, 4) is 23.6 Å². The predicted octanol–water partition coefficient (Wildman–Crippen LogP) is 2.88. The van der Waals surface area contributed by atoms with E-state index in [2.05, 4.69) is 0 Å². The van der Waals surface area contributed by atoms with Crippen molar-refractivity contribution < 1.29 is 31.8 Å². The molecular weight excluding hydrogens is 370 g/mol. The summed E-state index contributed by atoms with van der Waals surface area (Å²) in [5.74, 6) is -11.1. The van der Waals surface area contributed by atoms with E-state index in [4.69, 9.17) is 10.00 Å². The highest BCUT2D eigenvalue weighted by Gasteiger charge is 2.74. The summed E-state index contributed by atoms with van der Waals surface area (Å²) in [5.41, 5.74) is -6.35. The second kappa shape index (κ2) is 5.70. The summed E-state index contributed by atoms with van der Waals surface area (Å²) < 4.78 is 75.1. The van der Waals surface area contributed by atoms with E-state index in [1.165, 1.54) is 6.07 Å². The minimum Gasteiger partial charge on any atom is -0.456 e. The van der Waals surface area contributed by atoms with E-state index in [1.54, 1.807) is 6.07 Å². The molecule has 0 radical (unpaired) electrons. The molecule has 0 heterocycles. The van der Waals surface area contributed by atoms with Crippen LogP contribution in [0, 0.1) is 28.5 Å².